The van der Waals surface area contributed by atoms with E-state index in [2.05, 4.69) is 15.2 Å². The molecule has 88 valence electrons. The van der Waals surface area contributed by atoms with Gasteiger partial charge in [0.05, 0.1) is 6.21 Å². The number of rotatable bonds is 2. The van der Waals surface area contributed by atoms with Gasteiger partial charge in [-0.2, -0.15) is 5.10 Å². The molecule has 0 fully saturated rings. The van der Waals surface area contributed by atoms with E-state index in [1.165, 1.54) is 18.3 Å². The highest BCUT2D eigenvalue weighted by atomic mass is 19.1. The quantitative estimate of drug-likeness (QED) is 0.347. The summed E-state index contributed by atoms with van der Waals surface area (Å²) in [6.45, 7) is 0. The van der Waals surface area contributed by atoms with Gasteiger partial charge < -0.3 is 21.6 Å². The lowest BCUT2D eigenvalue weighted by Crippen LogP contribution is -2.21. The van der Waals surface area contributed by atoms with E-state index in [4.69, 9.17) is 11.5 Å². The number of nitrogens with one attached hydrogen (secondary N) is 1. The predicted octanol–water partition coefficient (Wildman–Crippen LogP) is 0.620. The Kier molecular flexibility index (Phi) is 2.65. The number of aromatic hydroxyl groups is 1. The van der Waals surface area contributed by atoms with Crippen molar-refractivity contribution >= 4 is 23.1 Å². The third kappa shape index (κ3) is 2.17. The van der Waals surface area contributed by atoms with Crippen LogP contribution in [-0.4, -0.2) is 22.3 Å². The van der Waals surface area contributed by atoms with Gasteiger partial charge in [-0.3, -0.25) is 0 Å². The highest BCUT2D eigenvalue weighted by Gasteiger charge is 2.07. The zero-order valence-corrected chi connectivity index (χ0v) is 8.68. The molecular formula is C10H10FN5O. The van der Waals surface area contributed by atoms with Crippen molar-refractivity contribution < 1.29 is 9.50 Å². The first-order valence-corrected chi connectivity index (χ1v) is 4.69. The average molecular weight is 235 g/mol. The Labute approximate surface area is 95.5 Å². The smallest absolute Gasteiger partial charge is 0.211 e. The number of nitrogens with two attached hydrogens (primary N) is 2. The number of fused-ring (bicyclic) bond motifs is 1. The van der Waals surface area contributed by atoms with E-state index in [0.717, 1.165) is 0 Å². The summed E-state index contributed by atoms with van der Waals surface area (Å²) in [5.41, 5.74) is 11.4. The highest BCUT2D eigenvalue weighted by molar-refractivity contribution is 5.99. The Balaban J connectivity index is 2.46. The van der Waals surface area contributed by atoms with Gasteiger partial charge in [-0.1, -0.05) is 0 Å². The van der Waals surface area contributed by atoms with E-state index < -0.39 is 11.6 Å². The van der Waals surface area contributed by atoms with Crippen LogP contribution in [0.25, 0.3) is 10.9 Å². The number of halogens is 1. The molecule has 0 spiro atoms. The normalized spacial score (nSPS) is 11.1. The Morgan fingerprint density at radius 1 is 1.41 bits per heavy atom. The minimum atomic E-state index is -0.688. The number of phenolic OH excluding ortho intramolecular Hbond substituents is 1. The molecule has 0 saturated heterocycles. The van der Waals surface area contributed by atoms with Crippen LogP contribution in [0.4, 0.5) is 4.39 Å². The van der Waals surface area contributed by atoms with Gasteiger partial charge in [0.2, 0.25) is 5.96 Å². The summed E-state index contributed by atoms with van der Waals surface area (Å²) >= 11 is 0. The number of hydrogen-bond acceptors (Lipinski definition) is 3. The SMILES string of the molecule is NC(N)=NN=Cc1c[nH]c2cc(F)c(O)cc12. The number of hydrogen-bond donors (Lipinski definition) is 4. The number of aromatic nitrogens is 1. The largest absolute Gasteiger partial charge is 0.505 e. The van der Waals surface area contributed by atoms with Gasteiger partial charge in [0.25, 0.3) is 0 Å². The van der Waals surface area contributed by atoms with Crippen LogP contribution in [0.2, 0.25) is 0 Å². The highest BCUT2D eigenvalue weighted by Crippen LogP contribution is 2.25. The van der Waals surface area contributed by atoms with Crippen LogP contribution >= 0.6 is 0 Å². The topological polar surface area (TPSA) is 113 Å². The number of aromatic amines is 1. The van der Waals surface area contributed by atoms with Crippen LogP contribution in [0.3, 0.4) is 0 Å². The standard InChI is InChI=1S/C10H10FN5O/c11-7-2-8-6(1-9(7)17)5(3-14-8)4-15-16-10(12)13/h1-4,14,17H,(H4,12,13,16). The Morgan fingerprint density at radius 3 is 2.88 bits per heavy atom. The fourth-order valence-corrected chi connectivity index (χ4v) is 1.42. The van der Waals surface area contributed by atoms with Gasteiger partial charge in [0, 0.05) is 28.7 Å². The molecule has 2 rings (SSSR count). The lowest BCUT2D eigenvalue weighted by atomic mass is 10.2. The van der Waals surface area contributed by atoms with Crippen LogP contribution < -0.4 is 11.5 Å². The molecule has 0 radical (unpaired) electrons. The fraction of sp³-hybridized carbons (Fsp3) is 0. The van der Waals surface area contributed by atoms with Crippen molar-refractivity contribution in [2.75, 3.05) is 0 Å². The van der Waals surface area contributed by atoms with Crippen molar-refractivity contribution in [2.24, 2.45) is 21.7 Å². The number of phenols is 1. The lowest BCUT2D eigenvalue weighted by molar-refractivity contribution is 0.433. The number of guanidine groups is 1. The average Bonchev–Trinajstić information content (AvgIpc) is 2.62. The maximum absolute atomic E-state index is 13.1. The van der Waals surface area contributed by atoms with E-state index in [1.807, 2.05) is 0 Å². The summed E-state index contributed by atoms with van der Waals surface area (Å²) in [7, 11) is 0. The van der Waals surface area contributed by atoms with Crippen molar-refractivity contribution in [3.63, 3.8) is 0 Å². The van der Waals surface area contributed by atoms with Crippen molar-refractivity contribution in [2.45, 2.75) is 0 Å². The summed E-state index contributed by atoms with van der Waals surface area (Å²) in [6.07, 6.45) is 3.01. The first-order chi connectivity index (χ1) is 8.08. The first kappa shape index (κ1) is 10.9. The van der Waals surface area contributed by atoms with Crippen molar-refractivity contribution in [3.8, 4) is 5.75 Å². The fourth-order valence-electron chi connectivity index (χ4n) is 1.42. The molecule has 7 heteroatoms. The lowest BCUT2D eigenvalue weighted by Gasteiger charge is -1.96. The molecule has 0 unspecified atom stereocenters. The van der Waals surface area contributed by atoms with Crippen LogP contribution in [0, 0.1) is 5.82 Å². The first-order valence-electron chi connectivity index (χ1n) is 4.69. The molecule has 0 saturated carbocycles. The van der Waals surface area contributed by atoms with Crippen molar-refractivity contribution in [3.05, 3.63) is 29.7 Å². The zero-order chi connectivity index (χ0) is 12.4. The second-order valence-electron chi connectivity index (χ2n) is 3.36. The second-order valence-corrected chi connectivity index (χ2v) is 3.36. The third-order valence-corrected chi connectivity index (χ3v) is 2.15. The van der Waals surface area contributed by atoms with E-state index in [1.54, 1.807) is 6.20 Å². The predicted molar refractivity (Wildman–Crippen MR) is 63.3 cm³/mol. The Hall–Kier alpha value is -2.57. The van der Waals surface area contributed by atoms with Gasteiger partial charge in [-0.05, 0) is 6.07 Å². The third-order valence-electron chi connectivity index (χ3n) is 2.15. The number of H-pyrrole nitrogens is 1. The Bertz CT molecular complexity index is 612. The minimum Gasteiger partial charge on any atom is -0.505 e. The molecule has 17 heavy (non-hydrogen) atoms. The van der Waals surface area contributed by atoms with Crippen LogP contribution in [0.1, 0.15) is 5.56 Å². The molecule has 0 atom stereocenters. The molecular weight excluding hydrogens is 225 g/mol. The zero-order valence-electron chi connectivity index (χ0n) is 8.68. The molecule has 2 aromatic rings. The summed E-state index contributed by atoms with van der Waals surface area (Å²) in [4.78, 5) is 2.84. The molecule has 1 heterocycles. The molecule has 6 nitrogen and oxygen atoms in total. The maximum atomic E-state index is 13.1. The van der Waals surface area contributed by atoms with Gasteiger partial charge in [-0.15, -0.1) is 5.10 Å². The van der Waals surface area contributed by atoms with E-state index in [0.29, 0.717) is 16.5 Å². The van der Waals surface area contributed by atoms with Gasteiger partial charge in [-0.25, -0.2) is 4.39 Å². The molecule has 1 aromatic heterocycles. The molecule has 0 aliphatic rings. The van der Waals surface area contributed by atoms with Crippen LogP contribution in [-0.2, 0) is 0 Å². The Morgan fingerprint density at radius 2 is 2.18 bits per heavy atom. The van der Waals surface area contributed by atoms with Crippen LogP contribution in [0.5, 0.6) is 5.75 Å². The molecule has 0 aliphatic carbocycles. The summed E-state index contributed by atoms with van der Waals surface area (Å²) in [6, 6.07) is 2.50. The molecule has 0 amide bonds. The number of benzene rings is 1. The van der Waals surface area contributed by atoms with E-state index in [9.17, 15) is 9.50 Å². The molecule has 0 aliphatic heterocycles. The molecule has 1 aromatic carbocycles. The minimum absolute atomic E-state index is 0.157. The van der Waals surface area contributed by atoms with E-state index >= 15 is 0 Å². The monoisotopic (exact) mass is 235 g/mol. The van der Waals surface area contributed by atoms with Crippen LogP contribution in [0.15, 0.2) is 28.5 Å². The van der Waals surface area contributed by atoms with Crippen molar-refractivity contribution in [1.29, 1.82) is 0 Å². The summed E-state index contributed by atoms with van der Waals surface area (Å²) in [5.74, 6) is -1.27. The maximum Gasteiger partial charge on any atom is 0.211 e. The van der Waals surface area contributed by atoms with E-state index in [-0.39, 0.29) is 5.96 Å². The van der Waals surface area contributed by atoms with Gasteiger partial charge >= 0.3 is 0 Å². The van der Waals surface area contributed by atoms with Gasteiger partial charge in [0.1, 0.15) is 0 Å². The van der Waals surface area contributed by atoms with Crippen molar-refractivity contribution in [1.82, 2.24) is 4.98 Å². The number of nitrogens with zero attached hydrogens (tertiary/aromatic N) is 2. The van der Waals surface area contributed by atoms with Gasteiger partial charge in [0.15, 0.2) is 11.6 Å². The molecule has 0 bridgehead atoms. The second kappa shape index (κ2) is 4.12. The molecule has 6 N–H and O–H groups in total. The summed E-state index contributed by atoms with van der Waals surface area (Å²) < 4.78 is 13.1. The summed E-state index contributed by atoms with van der Waals surface area (Å²) in [5, 5.41) is 17.0.